The largest absolute Gasteiger partial charge is 0.481 e. The molecule has 0 fully saturated rings. The van der Waals surface area contributed by atoms with Crippen LogP contribution in [0.5, 0.6) is 5.75 Å². The van der Waals surface area contributed by atoms with Crippen molar-refractivity contribution in [3.63, 3.8) is 0 Å². The summed E-state index contributed by atoms with van der Waals surface area (Å²) >= 11 is 0. The Morgan fingerprint density at radius 2 is 2.35 bits per heavy atom. The van der Waals surface area contributed by atoms with Crippen molar-refractivity contribution in [3.8, 4) is 18.1 Å². The van der Waals surface area contributed by atoms with Gasteiger partial charge in [-0.1, -0.05) is 5.92 Å². The Morgan fingerprint density at radius 1 is 1.65 bits per heavy atom. The van der Waals surface area contributed by atoms with Crippen molar-refractivity contribution in [1.29, 1.82) is 0 Å². The number of hydrogen-bond acceptors (Lipinski definition) is 2. The first kappa shape index (κ1) is 13.0. The van der Waals surface area contributed by atoms with Gasteiger partial charge < -0.3 is 10.1 Å². The molecular formula is C13H14FNO2. The molecule has 1 atom stereocenters. The van der Waals surface area contributed by atoms with Gasteiger partial charge in [-0.3, -0.25) is 4.79 Å². The van der Waals surface area contributed by atoms with Gasteiger partial charge in [-0.05, 0) is 37.6 Å². The molecule has 0 spiro atoms. The highest BCUT2D eigenvalue weighted by Crippen LogP contribution is 2.19. The number of terminal acetylenes is 1. The molecule has 0 aliphatic rings. The van der Waals surface area contributed by atoms with Crippen molar-refractivity contribution in [2.24, 2.45) is 0 Å². The van der Waals surface area contributed by atoms with Crippen LogP contribution in [0, 0.1) is 25.1 Å². The number of ether oxygens (including phenoxy) is 1. The van der Waals surface area contributed by atoms with Crippen LogP contribution in [0.15, 0.2) is 18.2 Å². The number of carbonyl (C=O) groups excluding carboxylic acids is 1. The zero-order valence-electron chi connectivity index (χ0n) is 9.79. The lowest BCUT2D eigenvalue weighted by Crippen LogP contribution is -2.36. The standard InChI is InChI=1S/C13H14FNO2/c1-4-7-15-13(16)10(3)17-12-6-5-11(14)8-9(12)2/h1,5-6,8,10H,7H2,2-3H3,(H,15,16). The van der Waals surface area contributed by atoms with Crippen LogP contribution in [0.1, 0.15) is 12.5 Å². The Hall–Kier alpha value is -2.02. The molecule has 0 heterocycles. The fourth-order valence-electron chi connectivity index (χ4n) is 1.27. The molecule has 0 radical (unpaired) electrons. The maximum atomic E-state index is 12.9. The predicted octanol–water partition coefficient (Wildman–Crippen LogP) is 1.65. The Balaban J connectivity index is 2.65. The monoisotopic (exact) mass is 235 g/mol. The highest BCUT2D eigenvalue weighted by atomic mass is 19.1. The van der Waals surface area contributed by atoms with Gasteiger partial charge in [-0.15, -0.1) is 6.42 Å². The summed E-state index contributed by atoms with van der Waals surface area (Å²) in [6, 6.07) is 4.13. The molecule has 1 unspecified atom stereocenters. The fraction of sp³-hybridized carbons (Fsp3) is 0.308. The average molecular weight is 235 g/mol. The van der Waals surface area contributed by atoms with Gasteiger partial charge in [0.1, 0.15) is 11.6 Å². The first-order valence-electron chi connectivity index (χ1n) is 5.18. The van der Waals surface area contributed by atoms with E-state index in [0.29, 0.717) is 11.3 Å². The molecule has 3 nitrogen and oxygen atoms in total. The van der Waals surface area contributed by atoms with E-state index in [2.05, 4.69) is 11.2 Å². The maximum Gasteiger partial charge on any atom is 0.261 e. The fourth-order valence-corrected chi connectivity index (χ4v) is 1.27. The van der Waals surface area contributed by atoms with Crippen LogP contribution in [-0.4, -0.2) is 18.6 Å². The molecule has 1 rings (SSSR count). The van der Waals surface area contributed by atoms with Crippen LogP contribution in [0.4, 0.5) is 4.39 Å². The highest BCUT2D eigenvalue weighted by molar-refractivity contribution is 5.80. The summed E-state index contributed by atoms with van der Waals surface area (Å²) < 4.78 is 18.3. The van der Waals surface area contributed by atoms with Crippen LogP contribution in [-0.2, 0) is 4.79 Å². The van der Waals surface area contributed by atoms with E-state index in [1.807, 2.05) is 0 Å². The summed E-state index contributed by atoms with van der Waals surface area (Å²) in [5.74, 6) is 2.15. The van der Waals surface area contributed by atoms with Gasteiger partial charge in [0.25, 0.3) is 5.91 Å². The summed E-state index contributed by atoms with van der Waals surface area (Å²) in [5.41, 5.74) is 0.640. The lowest BCUT2D eigenvalue weighted by atomic mass is 10.2. The summed E-state index contributed by atoms with van der Waals surface area (Å²) in [4.78, 5) is 11.5. The second-order valence-electron chi connectivity index (χ2n) is 3.59. The summed E-state index contributed by atoms with van der Waals surface area (Å²) in [5, 5.41) is 2.51. The van der Waals surface area contributed by atoms with Crippen LogP contribution in [0.2, 0.25) is 0 Å². The third-order valence-electron chi connectivity index (χ3n) is 2.17. The number of carbonyl (C=O) groups is 1. The van der Waals surface area contributed by atoms with E-state index in [0.717, 1.165) is 0 Å². The van der Waals surface area contributed by atoms with Crippen LogP contribution >= 0.6 is 0 Å². The number of halogens is 1. The van der Waals surface area contributed by atoms with Crippen LogP contribution < -0.4 is 10.1 Å². The van der Waals surface area contributed by atoms with E-state index >= 15 is 0 Å². The van der Waals surface area contributed by atoms with Crippen LogP contribution in [0.3, 0.4) is 0 Å². The number of hydrogen-bond donors (Lipinski definition) is 1. The second kappa shape index (κ2) is 5.90. The van der Waals surface area contributed by atoms with Crippen molar-refractivity contribution in [1.82, 2.24) is 5.32 Å². The van der Waals surface area contributed by atoms with Crippen molar-refractivity contribution in [2.75, 3.05) is 6.54 Å². The lowest BCUT2D eigenvalue weighted by Gasteiger charge is -2.15. The molecular weight excluding hydrogens is 221 g/mol. The minimum absolute atomic E-state index is 0.162. The molecule has 0 saturated carbocycles. The average Bonchev–Trinajstić information content (AvgIpc) is 2.29. The zero-order valence-corrected chi connectivity index (χ0v) is 9.79. The van der Waals surface area contributed by atoms with Gasteiger partial charge in [0.05, 0.1) is 6.54 Å². The lowest BCUT2D eigenvalue weighted by molar-refractivity contribution is -0.127. The first-order valence-corrected chi connectivity index (χ1v) is 5.18. The molecule has 17 heavy (non-hydrogen) atoms. The molecule has 1 aromatic carbocycles. The molecule has 4 heteroatoms. The van der Waals surface area contributed by atoms with E-state index in [4.69, 9.17) is 11.2 Å². The minimum Gasteiger partial charge on any atom is -0.481 e. The van der Waals surface area contributed by atoms with Gasteiger partial charge in [0, 0.05) is 0 Å². The normalized spacial score (nSPS) is 11.4. The van der Waals surface area contributed by atoms with E-state index in [1.54, 1.807) is 13.8 Å². The topological polar surface area (TPSA) is 38.3 Å². The van der Waals surface area contributed by atoms with Gasteiger partial charge in [-0.2, -0.15) is 0 Å². The van der Waals surface area contributed by atoms with Crippen molar-refractivity contribution >= 4 is 5.91 Å². The Kier molecular flexibility index (Phi) is 4.53. The minimum atomic E-state index is -0.674. The number of amides is 1. The smallest absolute Gasteiger partial charge is 0.261 e. The van der Waals surface area contributed by atoms with E-state index in [-0.39, 0.29) is 18.3 Å². The summed E-state index contributed by atoms with van der Waals surface area (Å²) in [7, 11) is 0. The van der Waals surface area contributed by atoms with Gasteiger partial charge in [0.2, 0.25) is 0 Å². The Labute approximate surface area is 100.0 Å². The van der Waals surface area contributed by atoms with E-state index in [1.165, 1.54) is 18.2 Å². The summed E-state index contributed by atoms with van der Waals surface area (Å²) in [6.07, 6.45) is 4.35. The number of aryl methyl sites for hydroxylation is 1. The first-order chi connectivity index (χ1) is 8.04. The maximum absolute atomic E-state index is 12.9. The number of nitrogens with one attached hydrogen (secondary N) is 1. The Bertz CT molecular complexity index is 451. The highest BCUT2D eigenvalue weighted by Gasteiger charge is 2.14. The Morgan fingerprint density at radius 3 is 2.94 bits per heavy atom. The van der Waals surface area contributed by atoms with Crippen molar-refractivity contribution in [2.45, 2.75) is 20.0 Å². The van der Waals surface area contributed by atoms with Crippen molar-refractivity contribution in [3.05, 3.63) is 29.6 Å². The molecule has 90 valence electrons. The van der Waals surface area contributed by atoms with E-state index in [9.17, 15) is 9.18 Å². The second-order valence-corrected chi connectivity index (χ2v) is 3.59. The van der Waals surface area contributed by atoms with Crippen molar-refractivity contribution < 1.29 is 13.9 Å². The molecule has 1 N–H and O–H groups in total. The molecule has 0 bridgehead atoms. The van der Waals surface area contributed by atoms with Gasteiger partial charge in [-0.25, -0.2) is 4.39 Å². The van der Waals surface area contributed by atoms with Crippen LogP contribution in [0.25, 0.3) is 0 Å². The number of rotatable bonds is 4. The third-order valence-corrected chi connectivity index (χ3v) is 2.17. The SMILES string of the molecule is C#CCNC(=O)C(C)Oc1ccc(F)cc1C. The molecule has 1 aromatic rings. The zero-order chi connectivity index (χ0) is 12.8. The summed E-state index contributed by atoms with van der Waals surface area (Å²) in [6.45, 7) is 3.48. The van der Waals surface area contributed by atoms with Gasteiger partial charge in [0.15, 0.2) is 6.10 Å². The number of benzene rings is 1. The third kappa shape index (κ3) is 3.80. The van der Waals surface area contributed by atoms with E-state index < -0.39 is 6.10 Å². The molecule has 0 saturated heterocycles. The van der Waals surface area contributed by atoms with Gasteiger partial charge >= 0.3 is 0 Å². The molecule has 0 aliphatic heterocycles. The quantitative estimate of drug-likeness (QED) is 0.806. The predicted molar refractivity (Wildman–Crippen MR) is 63.1 cm³/mol. The molecule has 1 amide bonds. The molecule has 0 aliphatic carbocycles. The molecule has 0 aromatic heterocycles.